The van der Waals surface area contributed by atoms with Crippen LogP contribution in [0, 0.1) is 5.82 Å². The molecule has 1 aliphatic rings. The van der Waals surface area contributed by atoms with Crippen molar-refractivity contribution in [2.24, 2.45) is 0 Å². The minimum Gasteiger partial charge on any atom is -0.388 e. The summed E-state index contributed by atoms with van der Waals surface area (Å²) in [6, 6.07) is 11.7. The second-order valence-corrected chi connectivity index (χ2v) is 9.88. The number of carbonyl (C=O) groups excluding carboxylic acids is 1. The van der Waals surface area contributed by atoms with Gasteiger partial charge in [-0.1, -0.05) is 23.7 Å². The molecule has 3 N–H and O–H groups in total. The van der Waals surface area contributed by atoms with E-state index in [2.05, 4.69) is 15.4 Å². The van der Waals surface area contributed by atoms with E-state index in [1.807, 2.05) is 0 Å². The number of carbonyl (C=O) groups is 1. The van der Waals surface area contributed by atoms with Crippen molar-refractivity contribution in [3.05, 3.63) is 92.6 Å². The molecule has 2 heterocycles. The summed E-state index contributed by atoms with van der Waals surface area (Å²) in [5.74, 6) is -0.423. The SMILES string of the molecule is CC(C)(O)[C@@H](NC(=O)c1cn2nc(-c3ccc(Cl)cc3)[nH]c(=O)c2c1C1CC1)c1ccc(F)cc1. The molecule has 0 spiro atoms. The van der Waals surface area contributed by atoms with Crippen LogP contribution in [0.15, 0.2) is 59.5 Å². The molecule has 35 heavy (non-hydrogen) atoms. The van der Waals surface area contributed by atoms with E-state index in [9.17, 15) is 19.1 Å². The van der Waals surface area contributed by atoms with Crippen LogP contribution in [0.2, 0.25) is 5.02 Å². The van der Waals surface area contributed by atoms with Crippen molar-refractivity contribution >= 4 is 23.0 Å². The fourth-order valence-electron chi connectivity index (χ4n) is 4.35. The summed E-state index contributed by atoms with van der Waals surface area (Å²) < 4.78 is 14.9. The molecular weight excluding hydrogens is 471 g/mol. The number of H-pyrrole nitrogens is 1. The van der Waals surface area contributed by atoms with Gasteiger partial charge in [-0.2, -0.15) is 0 Å². The lowest BCUT2D eigenvalue weighted by molar-refractivity contribution is 0.0343. The Kier molecular flexibility index (Phi) is 5.73. The van der Waals surface area contributed by atoms with Crippen molar-refractivity contribution in [3.63, 3.8) is 0 Å². The molecule has 7 nitrogen and oxygen atoms in total. The molecule has 180 valence electrons. The van der Waals surface area contributed by atoms with Gasteiger partial charge in [0.2, 0.25) is 0 Å². The third-order valence-corrected chi connectivity index (χ3v) is 6.47. The maximum absolute atomic E-state index is 13.5. The highest BCUT2D eigenvalue weighted by Gasteiger charge is 2.36. The van der Waals surface area contributed by atoms with Gasteiger partial charge in [0.15, 0.2) is 5.82 Å². The van der Waals surface area contributed by atoms with Gasteiger partial charge < -0.3 is 15.4 Å². The highest BCUT2D eigenvalue weighted by atomic mass is 35.5. The highest BCUT2D eigenvalue weighted by Crippen LogP contribution is 2.44. The van der Waals surface area contributed by atoms with Crippen LogP contribution in [0.4, 0.5) is 4.39 Å². The number of aromatic amines is 1. The molecule has 5 rings (SSSR count). The van der Waals surface area contributed by atoms with E-state index < -0.39 is 23.4 Å². The monoisotopic (exact) mass is 494 g/mol. The molecule has 1 fully saturated rings. The summed E-state index contributed by atoms with van der Waals surface area (Å²) in [5.41, 5.74) is 0.872. The molecule has 1 amide bonds. The molecule has 1 saturated carbocycles. The molecule has 0 unspecified atom stereocenters. The van der Waals surface area contributed by atoms with Gasteiger partial charge in [-0.05, 0) is 74.6 Å². The number of benzene rings is 2. The van der Waals surface area contributed by atoms with Gasteiger partial charge >= 0.3 is 0 Å². The van der Waals surface area contributed by atoms with Gasteiger partial charge in [-0.25, -0.2) is 8.91 Å². The first-order valence-electron chi connectivity index (χ1n) is 11.3. The second kappa shape index (κ2) is 8.62. The quantitative estimate of drug-likeness (QED) is 0.364. The summed E-state index contributed by atoms with van der Waals surface area (Å²) in [5, 5.41) is 18.8. The summed E-state index contributed by atoms with van der Waals surface area (Å²) in [6.45, 7) is 3.15. The van der Waals surface area contributed by atoms with Crippen LogP contribution >= 0.6 is 11.6 Å². The van der Waals surface area contributed by atoms with E-state index in [1.54, 1.807) is 44.3 Å². The number of halogens is 2. The fourth-order valence-corrected chi connectivity index (χ4v) is 4.47. The number of fused-ring (bicyclic) bond motifs is 1. The van der Waals surface area contributed by atoms with Gasteiger partial charge in [0.05, 0.1) is 17.2 Å². The zero-order valence-corrected chi connectivity index (χ0v) is 19.9. The second-order valence-electron chi connectivity index (χ2n) is 9.45. The Hall–Kier alpha value is -3.49. The number of hydrogen-bond donors (Lipinski definition) is 3. The lowest BCUT2D eigenvalue weighted by Gasteiger charge is -2.30. The predicted octanol–water partition coefficient (Wildman–Crippen LogP) is 4.60. The summed E-state index contributed by atoms with van der Waals surface area (Å²) in [6.07, 6.45) is 3.29. The normalized spacial score (nSPS) is 14.8. The number of nitrogens with one attached hydrogen (secondary N) is 2. The highest BCUT2D eigenvalue weighted by molar-refractivity contribution is 6.30. The summed E-state index contributed by atoms with van der Waals surface area (Å²) in [7, 11) is 0. The Labute approximate surface area is 205 Å². The lowest BCUT2D eigenvalue weighted by Crippen LogP contribution is -2.42. The Morgan fingerprint density at radius 1 is 1.20 bits per heavy atom. The average Bonchev–Trinajstić information content (AvgIpc) is 3.57. The van der Waals surface area contributed by atoms with E-state index >= 15 is 0 Å². The fraction of sp³-hybridized carbons (Fsp3) is 0.269. The summed E-state index contributed by atoms with van der Waals surface area (Å²) in [4.78, 5) is 29.4. The standard InChI is InChI=1S/C26H24ClFN4O3/c1-26(2,35)22(15-7-11-18(28)12-8-15)29-24(33)19-13-32-21(20(19)14-3-4-14)25(34)30-23(31-32)16-5-9-17(27)10-6-16/h5-14,22,35H,3-4H2,1-2H3,(H,29,33)(H,30,31,34)/t22-/m0/s1. The maximum atomic E-state index is 13.5. The Morgan fingerprint density at radius 3 is 2.46 bits per heavy atom. The third kappa shape index (κ3) is 4.59. The molecule has 0 aliphatic heterocycles. The number of aromatic nitrogens is 3. The topological polar surface area (TPSA) is 99.5 Å². The van der Waals surface area contributed by atoms with Crippen molar-refractivity contribution in [2.75, 3.05) is 0 Å². The molecule has 1 aliphatic carbocycles. The number of aliphatic hydroxyl groups is 1. The number of rotatable bonds is 6. The van der Waals surface area contributed by atoms with Crippen molar-refractivity contribution < 1.29 is 14.3 Å². The minimum atomic E-state index is -1.33. The van der Waals surface area contributed by atoms with Crippen molar-refractivity contribution in [2.45, 2.75) is 44.2 Å². The molecule has 0 saturated heterocycles. The van der Waals surface area contributed by atoms with E-state index in [1.165, 1.54) is 28.8 Å². The van der Waals surface area contributed by atoms with Crippen molar-refractivity contribution in [1.82, 2.24) is 19.9 Å². The zero-order valence-electron chi connectivity index (χ0n) is 19.2. The first-order valence-corrected chi connectivity index (χ1v) is 11.7. The first kappa shape index (κ1) is 23.3. The first-order chi connectivity index (χ1) is 16.6. The summed E-state index contributed by atoms with van der Waals surface area (Å²) >= 11 is 5.97. The van der Waals surface area contributed by atoms with Gasteiger partial charge in [-0.3, -0.25) is 9.59 Å². The van der Waals surface area contributed by atoms with E-state index in [4.69, 9.17) is 11.6 Å². The Morgan fingerprint density at radius 2 is 1.86 bits per heavy atom. The molecule has 0 bridgehead atoms. The predicted molar refractivity (Wildman–Crippen MR) is 131 cm³/mol. The smallest absolute Gasteiger partial charge is 0.275 e. The van der Waals surface area contributed by atoms with E-state index in [-0.39, 0.29) is 11.5 Å². The van der Waals surface area contributed by atoms with Gasteiger partial charge in [-0.15, -0.1) is 5.10 Å². The molecule has 9 heteroatoms. The van der Waals surface area contributed by atoms with Crippen LogP contribution in [0.25, 0.3) is 16.9 Å². The largest absolute Gasteiger partial charge is 0.388 e. The molecule has 2 aromatic heterocycles. The van der Waals surface area contributed by atoms with Crippen LogP contribution in [0.5, 0.6) is 0 Å². The van der Waals surface area contributed by atoms with Gasteiger partial charge in [0.25, 0.3) is 11.5 Å². The van der Waals surface area contributed by atoms with Crippen LogP contribution in [-0.4, -0.2) is 31.2 Å². The van der Waals surface area contributed by atoms with Crippen LogP contribution in [-0.2, 0) is 0 Å². The maximum Gasteiger partial charge on any atom is 0.275 e. The van der Waals surface area contributed by atoms with Gasteiger partial charge in [0.1, 0.15) is 11.3 Å². The lowest BCUT2D eigenvalue weighted by atomic mass is 9.91. The van der Waals surface area contributed by atoms with E-state index in [0.29, 0.717) is 38.6 Å². The minimum absolute atomic E-state index is 0.0800. The van der Waals surface area contributed by atoms with Crippen LogP contribution in [0.3, 0.4) is 0 Å². The molecule has 2 aromatic carbocycles. The zero-order chi connectivity index (χ0) is 24.9. The molecule has 1 atom stereocenters. The number of nitrogens with zero attached hydrogens (tertiary/aromatic N) is 2. The van der Waals surface area contributed by atoms with Crippen molar-refractivity contribution in [3.8, 4) is 11.4 Å². The Balaban J connectivity index is 1.57. The number of amides is 1. The number of hydrogen-bond acceptors (Lipinski definition) is 4. The van der Waals surface area contributed by atoms with Crippen molar-refractivity contribution in [1.29, 1.82) is 0 Å². The molecular formula is C26H24ClFN4O3. The average molecular weight is 495 g/mol. The Bertz CT molecular complexity index is 1470. The van der Waals surface area contributed by atoms with Crippen LogP contribution in [0.1, 0.15) is 60.1 Å². The molecule has 4 aromatic rings. The van der Waals surface area contributed by atoms with Crippen LogP contribution < -0.4 is 10.9 Å². The molecule has 0 radical (unpaired) electrons. The third-order valence-electron chi connectivity index (χ3n) is 6.21. The van der Waals surface area contributed by atoms with Gasteiger partial charge in [0, 0.05) is 22.3 Å². The van der Waals surface area contributed by atoms with E-state index in [0.717, 1.165) is 12.8 Å².